The van der Waals surface area contributed by atoms with Gasteiger partial charge in [0.2, 0.25) is 0 Å². The Morgan fingerprint density at radius 1 is 1.21 bits per heavy atom. The summed E-state index contributed by atoms with van der Waals surface area (Å²) in [5.41, 5.74) is -0.759. The second kappa shape index (κ2) is 6.17. The Balaban J connectivity index is 1.59. The van der Waals surface area contributed by atoms with Crippen LogP contribution >= 0.6 is 0 Å². The molecule has 0 aromatic carbocycles. The molecule has 0 N–H and O–H groups in total. The monoisotopic (exact) mass is 337 g/mol. The largest absolute Gasteiger partial charge is 0.444 e. The molecule has 3 aliphatic heterocycles. The molecule has 1 spiro atoms. The predicted molar refractivity (Wildman–Crippen MR) is 86.2 cm³/mol. The molecule has 24 heavy (non-hydrogen) atoms. The van der Waals surface area contributed by atoms with Crippen molar-refractivity contribution in [1.82, 2.24) is 9.80 Å². The van der Waals surface area contributed by atoms with Crippen molar-refractivity contribution in [2.45, 2.75) is 57.0 Å². The van der Waals surface area contributed by atoms with Gasteiger partial charge in [-0.3, -0.25) is 4.90 Å². The summed E-state index contributed by atoms with van der Waals surface area (Å²) in [6.07, 6.45) is 1.74. The van der Waals surface area contributed by atoms with Gasteiger partial charge in [-0.2, -0.15) is 5.26 Å². The molecular formula is C17H27N3O4. The Kier molecular flexibility index (Phi) is 4.49. The SMILES string of the molecule is CC(C)(C)OC(=O)N1CC(CC#N)(N2CCC3(CC2)OCCO3)C1. The first kappa shape index (κ1) is 17.5. The highest BCUT2D eigenvalue weighted by atomic mass is 16.7. The quantitative estimate of drug-likeness (QED) is 0.764. The molecular weight excluding hydrogens is 310 g/mol. The maximum Gasteiger partial charge on any atom is 0.410 e. The van der Waals surface area contributed by atoms with E-state index in [-0.39, 0.29) is 11.6 Å². The summed E-state index contributed by atoms with van der Waals surface area (Å²) in [6.45, 7) is 9.64. The first-order valence-corrected chi connectivity index (χ1v) is 8.66. The fourth-order valence-electron chi connectivity index (χ4n) is 3.80. The molecule has 3 rings (SSSR count). The lowest BCUT2D eigenvalue weighted by atomic mass is 9.83. The zero-order chi connectivity index (χ0) is 17.4. The Morgan fingerprint density at radius 2 is 1.79 bits per heavy atom. The predicted octanol–water partition coefficient (Wildman–Crippen LogP) is 1.73. The normalized spacial score (nSPS) is 26.0. The molecule has 1 amide bonds. The molecule has 3 heterocycles. The molecule has 7 heteroatoms. The fourth-order valence-corrected chi connectivity index (χ4v) is 3.80. The number of nitrogens with zero attached hydrogens (tertiary/aromatic N) is 3. The van der Waals surface area contributed by atoms with Crippen molar-refractivity contribution in [2.75, 3.05) is 39.4 Å². The smallest absolute Gasteiger partial charge is 0.410 e. The van der Waals surface area contributed by atoms with Crippen LogP contribution < -0.4 is 0 Å². The van der Waals surface area contributed by atoms with Crippen LogP contribution in [0.1, 0.15) is 40.0 Å². The van der Waals surface area contributed by atoms with Crippen molar-refractivity contribution in [3.63, 3.8) is 0 Å². The van der Waals surface area contributed by atoms with E-state index in [1.807, 2.05) is 20.8 Å². The van der Waals surface area contributed by atoms with Crippen LogP contribution in [0, 0.1) is 11.3 Å². The number of amides is 1. The first-order chi connectivity index (χ1) is 11.3. The van der Waals surface area contributed by atoms with E-state index < -0.39 is 11.4 Å². The van der Waals surface area contributed by atoms with Gasteiger partial charge in [-0.05, 0) is 20.8 Å². The van der Waals surface area contributed by atoms with Crippen LogP contribution in [0.25, 0.3) is 0 Å². The van der Waals surface area contributed by atoms with Crippen molar-refractivity contribution >= 4 is 6.09 Å². The highest BCUT2D eigenvalue weighted by molar-refractivity contribution is 5.70. The van der Waals surface area contributed by atoms with E-state index in [0.29, 0.717) is 32.7 Å². The van der Waals surface area contributed by atoms with Gasteiger partial charge in [0.05, 0.1) is 31.2 Å². The molecule has 3 saturated heterocycles. The summed E-state index contributed by atoms with van der Waals surface area (Å²) < 4.78 is 17.0. The maximum atomic E-state index is 12.2. The van der Waals surface area contributed by atoms with Crippen LogP contribution in [0.2, 0.25) is 0 Å². The molecule has 0 aromatic heterocycles. The van der Waals surface area contributed by atoms with E-state index in [0.717, 1.165) is 25.9 Å². The third-order valence-electron chi connectivity index (χ3n) is 5.04. The number of carbonyl (C=O) groups is 1. The summed E-state index contributed by atoms with van der Waals surface area (Å²) in [7, 11) is 0. The minimum Gasteiger partial charge on any atom is -0.444 e. The van der Waals surface area contributed by atoms with Crippen LogP contribution in [0.4, 0.5) is 4.79 Å². The van der Waals surface area contributed by atoms with Gasteiger partial charge in [-0.25, -0.2) is 4.79 Å². The van der Waals surface area contributed by atoms with Gasteiger partial charge in [0, 0.05) is 39.0 Å². The summed E-state index contributed by atoms with van der Waals surface area (Å²) in [5, 5.41) is 9.25. The maximum absolute atomic E-state index is 12.2. The number of likely N-dealkylation sites (tertiary alicyclic amines) is 2. The Morgan fingerprint density at radius 3 is 2.29 bits per heavy atom. The fraction of sp³-hybridized carbons (Fsp3) is 0.882. The Hall–Kier alpha value is -1.36. The first-order valence-electron chi connectivity index (χ1n) is 8.66. The third-order valence-corrected chi connectivity index (χ3v) is 5.04. The third kappa shape index (κ3) is 3.37. The Bertz CT molecular complexity index is 515. The van der Waals surface area contributed by atoms with E-state index in [1.54, 1.807) is 4.90 Å². The highest BCUT2D eigenvalue weighted by Crippen LogP contribution is 2.38. The van der Waals surface area contributed by atoms with Crippen LogP contribution in [-0.2, 0) is 14.2 Å². The molecule has 3 fully saturated rings. The van der Waals surface area contributed by atoms with Gasteiger partial charge in [0.1, 0.15) is 5.60 Å². The van der Waals surface area contributed by atoms with Gasteiger partial charge in [-0.15, -0.1) is 0 Å². The second-order valence-electron chi connectivity index (χ2n) is 7.99. The molecule has 0 saturated carbocycles. The average molecular weight is 337 g/mol. The van der Waals surface area contributed by atoms with E-state index in [9.17, 15) is 10.1 Å². The van der Waals surface area contributed by atoms with E-state index in [1.165, 1.54) is 0 Å². The summed E-state index contributed by atoms with van der Waals surface area (Å²) in [5.74, 6) is -0.418. The lowest BCUT2D eigenvalue weighted by Gasteiger charge is -2.56. The van der Waals surface area contributed by atoms with Gasteiger partial charge >= 0.3 is 6.09 Å². The minimum atomic E-state index is -0.501. The molecule has 0 atom stereocenters. The number of piperidine rings is 1. The standard InChI is InChI=1S/C17H27N3O4/c1-15(2,3)24-14(21)19-12-16(13-19,4-7-18)20-8-5-17(6-9-20)22-10-11-23-17/h4-6,8-13H2,1-3H3. The number of rotatable bonds is 2. The summed E-state index contributed by atoms with van der Waals surface area (Å²) >= 11 is 0. The average Bonchev–Trinajstić information content (AvgIpc) is 2.90. The molecule has 3 aliphatic rings. The van der Waals surface area contributed by atoms with Crippen LogP contribution in [0.5, 0.6) is 0 Å². The molecule has 0 aliphatic carbocycles. The lowest BCUT2D eigenvalue weighted by Crippen LogP contribution is -2.72. The second-order valence-corrected chi connectivity index (χ2v) is 7.99. The molecule has 0 bridgehead atoms. The van der Waals surface area contributed by atoms with Crippen LogP contribution in [0.15, 0.2) is 0 Å². The number of ether oxygens (including phenoxy) is 3. The van der Waals surface area contributed by atoms with Crippen LogP contribution in [-0.4, -0.2) is 72.2 Å². The van der Waals surface area contributed by atoms with E-state index in [4.69, 9.17) is 14.2 Å². The van der Waals surface area contributed by atoms with Crippen molar-refractivity contribution in [2.24, 2.45) is 0 Å². The Labute approximate surface area is 143 Å². The molecule has 0 unspecified atom stereocenters. The number of carbonyl (C=O) groups excluding carboxylic acids is 1. The number of hydrogen-bond donors (Lipinski definition) is 0. The minimum absolute atomic E-state index is 0.258. The van der Waals surface area contributed by atoms with Crippen molar-refractivity contribution in [3.8, 4) is 6.07 Å². The zero-order valence-corrected chi connectivity index (χ0v) is 14.8. The molecule has 0 radical (unpaired) electrons. The van der Waals surface area contributed by atoms with Crippen LogP contribution in [0.3, 0.4) is 0 Å². The molecule has 134 valence electrons. The highest BCUT2D eigenvalue weighted by Gasteiger charge is 2.53. The van der Waals surface area contributed by atoms with E-state index >= 15 is 0 Å². The summed E-state index contributed by atoms with van der Waals surface area (Å²) in [6, 6.07) is 2.29. The van der Waals surface area contributed by atoms with Gasteiger partial charge in [0.15, 0.2) is 5.79 Å². The molecule has 7 nitrogen and oxygen atoms in total. The number of hydrogen-bond acceptors (Lipinski definition) is 6. The van der Waals surface area contributed by atoms with Crippen molar-refractivity contribution < 1.29 is 19.0 Å². The number of nitriles is 1. The van der Waals surface area contributed by atoms with Gasteiger partial charge < -0.3 is 19.1 Å². The van der Waals surface area contributed by atoms with Crippen molar-refractivity contribution in [1.29, 1.82) is 5.26 Å². The van der Waals surface area contributed by atoms with Gasteiger partial charge in [0.25, 0.3) is 0 Å². The summed E-state index contributed by atoms with van der Waals surface area (Å²) in [4.78, 5) is 16.2. The zero-order valence-electron chi connectivity index (χ0n) is 14.8. The van der Waals surface area contributed by atoms with Crippen molar-refractivity contribution in [3.05, 3.63) is 0 Å². The van der Waals surface area contributed by atoms with E-state index in [2.05, 4.69) is 11.0 Å². The molecule has 0 aromatic rings. The topological polar surface area (TPSA) is 75.0 Å². The lowest BCUT2D eigenvalue weighted by molar-refractivity contribution is -0.199. The van der Waals surface area contributed by atoms with Gasteiger partial charge in [-0.1, -0.05) is 0 Å².